The lowest BCUT2D eigenvalue weighted by atomic mass is 10.2. The van der Waals surface area contributed by atoms with Crippen molar-refractivity contribution in [1.29, 1.82) is 5.26 Å². The van der Waals surface area contributed by atoms with Gasteiger partial charge >= 0.3 is 5.97 Å². The number of hydrogen-bond donors (Lipinski definition) is 2. The Labute approximate surface area is 150 Å². The number of esters is 1. The Hall–Kier alpha value is -3.60. The second kappa shape index (κ2) is 7.98. The summed E-state index contributed by atoms with van der Waals surface area (Å²) in [5.41, 5.74) is 1.51. The highest BCUT2D eigenvalue weighted by Gasteiger charge is 2.21. The first-order valence-electron chi connectivity index (χ1n) is 8.03. The van der Waals surface area contributed by atoms with Crippen LogP contribution in [0.25, 0.3) is 5.57 Å². The van der Waals surface area contributed by atoms with Gasteiger partial charge in [-0.05, 0) is 24.6 Å². The fourth-order valence-electron chi connectivity index (χ4n) is 2.37. The van der Waals surface area contributed by atoms with Gasteiger partial charge in [0.05, 0.1) is 18.5 Å². The van der Waals surface area contributed by atoms with E-state index in [9.17, 15) is 10.1 Å². The molecular weight excluding hydrogens is 334 g/mol. The third kappa shape index (κ3) is 3.89. The number of hydrogen-bond acceptors (Lipinski definition) is 8. The van der Waals surface area contributed by atoms with E-state index in [1.165, 1.54) is 7.11 Å². The van der Waals surface area contributed by atoms with Gasteiger partial charge < -0.3 is 20.1 Å². The Kier molecular flexibility index (Phi) is 5.29. The minimum absolute atomic E-state index is 0.262. The molecule has 1 aliphatic heterocycles. The summed E-state index contributed by atoms with van der Waals surface area (Å²) in [6.45, 7) is 0.511. The van der Waals surface area contributed by atoms with E-state index in [0.29, 0.717) is 42.7 Å². The highest BCUT2D eigenvalue weighted by atomic mass is 16.5. The van der Waals surface area contributed by atoms with Gasteiger partial charge in [-0.2, -0.15) is 5.26 Å². The number of methoxy groups -OCH3 is 1. The quantitative estimate of drug-likeness (QED) is 0.464. The molecule has 0 amide bonds. The Morgan fingerprint density at radius 1 is 1.38 bits per heavy atom. The fourth-order valence-corrected chi connectivity index (χ4v) is 2.37. The monoisotopic (exact) mass is 351 g/mol. The molecule has 0 fully saturated rings. The van der Waals surface area contributed by atoms with Crippen molar-refractivity contribution in [3.05, 3.63) is 48.1 Å². The lowest BCUT2D eigenvalue weighted by Crippen LogP contribution is -2.10. The van der Waals surface area contributed by atoms with Gasteiger partial charge in [0.25, 0.3) is 0 Å². The predicted molar refractivity (Wildman–Crippen MR) is 95.0 cm³/mol. The van der Waals surface area contributed by atoms with Gasteiger partial charge in [-0.15, -0.1) is 0 Å². The lowest BCUT2D eigenvalue weighted by Gasteiger charge is -2.07. The molecule has 2 heterocycles. The number of carbonyl (C=O) groups is 1. The number of para-hydroxylation sites is 2. The first-order chi connectivity index (χ1) is 12.7. The molecule has 1 aromatic heterocycles. The number of carbonyl (C=O) groups excluding carboxylic acids is 1. The number of benzene rings is 1. The van der Waals surface area contributed by atoms with E-state index in [4.69, 9.17) is 4.74 Å². The summed E-state index contributed by atoms with van der Waals surface area (Å²) < 4.78 is 10.3. The average molecular weight is 351 g/mol. The van der Waals surface area contributed by atoms with Crippen molar-refractivity contribution in [2.45, 2.75) is 12.8 Å². The van der Waals surface area contributed by atoms with Crippen LogP contribution < -0.4 is 15.4 Å². The van der Waals surface area contributed by atoms with Gasteiger partial charge in [0.15, 0.2) is 5.75 Å². The van der Waals surface area contributed by atoms with Crippen molar-refractivity contribution >= 4 is 23.2 Å². The van der Waals surface area contributed by atoms with Crippen LogP contribution in [-0.4, -0.2) is 29.6 Å². The number of fused-ring (bicyclic) bond motifs is 1. The van der Waals surface area contributed by atoms with Crippen LogP contribution in [0.15, 0.2) is 42.4 Å². The summed E-state index contributed by atoms with van der Waals surface area (Å²) in [7, 11) is 1.36. The first kappa shape index (κ1) is 17.2. The van der Waals surface area contributed by atoms with E-state index in [1.54, 1.807) is 12.3 Å². The molecule has 1 aromatic carbocycles. The van der Waals surface area contributed by atoms with E-state index in [2.05, 4.69) is 31.4 Å². The predicted octanol–water partition coefficient (Wildman–Crippen LogP) is 2.54. The number of nitriles is 1. The highest BCUT2D eigenvalue weighted by Crippen LogP contribution is 2.35. The Balaban J connectivity index is 1.72. The van der Waals surface area contributed by atoms with Crippen LogP contribution in [0.4, 0.5) is 11.6 Å². The third-order valence-electron chi connectivity index (χ3n) is 3.67. The summed E-state index contributed by atoms with van der Waals surface area (Å²) in [5.74, 6) is 1.10. The number of anilines is 2. The topological polar surface area (TPSA) is 109 Å². The number of allylic oxidation sites excluding steroid dienone is 1. The molecule has 26 heavy (non-hydrogen) atoms. The number of aromatic nitrogens is 2. The Morgan fingerprint density at radius 3 is 3.00 bits per heavy atom. The molecule has 0 bridgehead atoms. The molecule has 3 rings (SSSR count). The number of ether oxygens (including phenoxy) is 2. The summed E-state index contributed by atoms with van der Waals surface area (Å²) >= 11 is 0. The maximum Gasteiger partial charge on any atom is 0.305 e. The zero-order valence-corrected chi connectivity index (χ0v) is 14.2. The normalized spacial score (nSPS) is 13.7. The van der Waals surface area contributed by atoms with E-state index in [-0.39, 0.29) is 11.5 Å². The van der Waals surface area contributed by atoms with Crippen molar-refractivity contribution in [1.82, 2.24) is 9.97 Å². The maximum atomic E-state index is 11.1. The molecule has 8 nitrogen and oxygen atoms in total. The molecule has 0 atom stereocenters. The Bertz CT molecular complexity index is 861. The minimum atomic E-state index is -0.262. The van der Waals surface area contributed by atoms with Gasteiger partial charge in [0.2, 0.25) is 11.8 Å². The second-order valence-corrected chi connectivity index (χ2v) is 5.41. The van der Waals surface area contributed by atoms with Crippen molar-refractivity contribution in [2.24, 2.45) is 0 Å². The van der Waals surface area contributed by atoms with Gasteiger partial charge in [-0.3, -0.25) is 4.79 Å². The van der Waals surface area contributed by atoms with Crippen LogP contribution in [0, 0.1) is 11.3 Å². The molecular formula is C18H17N5O3. The molecule has 1 aliphatic rings. The smallest absolute Gasteiger partial charge is 0.305 e. The SMILES string of the molecule is COC(=O)CCCNc1nccc(/C(C#N)=C2\Nc3ccccc3O2)n1. The zero-order chi connectivity index (χ0) is 18.4. The van der Waals surface area contributed by atoms with Crippen LogP contribution in [-0.2, 0) is 9.53 Å². The summed E-state index contributed by atoms with van der Waals surface area (Å²) in [6.07, 6.45) is 2.46. The molecule has 8 heteroatoms. The lowest BCUT2D eigenvalue weighted by molar-refractivity contribution is -0.140. The molecule has 132 valence electrons. The highest BCUT2D eigenvalue weighted by molar-refractivity contribution is 5.81. The molecule has 0 aliphatic carbocycles. The summed E-state index contributed by atoms with van der Waals surface area (Å²) in [6, 6.07) is 11.2. The second-order valence-electron chi connectivity index (χ2n) is 5.41. The van der Waals surface area contributed by atoms with Crippen LogP contribution >= 0.6 is 0 Å². The average Bonchev–Trinajstić information content (AvgIpc) is 3.09. The minimum Gasteiger partial charge on any atom is -0.469 e. The van der Waals surface area contributed by atoms with E-state index in [0.717, 1.165) is 5.69 Å². The van der Waals surface area contributed by atoms with Gasteiger partial charge in [-0.25, -0.2) is 9.97 Å². The van der Waals surface area contributed by atoms with Gasteiger partial charge in [0.1, 0.15) is 11.6 Å². The van der Waals surface area contributed by atoms with E-state index in [1.807, 2.05) is 24.3 Å². The van der Waals surface area contributed by atoms with Crippen molar-refractivity contribution in [2.75, 3.05) is 24.3 Å². The molecule has 0 saturated carbocycles. The van der Waals surface area contributed by atoms with Crippen LogP contribution in [0.5, 0.6) is 5.75 Å². The van der Waals surface area contributed by atoms with Crippen molar-refractivity contribution in [3.63, 3.8) is 0 Å². The molecule has 0 radical (unpaired) electrons. The van der Waals surface area contributed by atoms with E-state index < -0.39 is 0 Å². The number of nitrogens with zero attached hydrogens (tertiary/aromatic N) is 3. The molecule has 2 N–H and O–H groups in total. The van der Waals surface area contributed by atoms with Crippen molar-refractivity contribution < 1.29 is 14.3 Å². The van der Waals surface area contributed by atoms with Crippen molar-refractivity contribution in [3.8, 4) is 11.8 Å². The first-order valence-corrected chi connectivity index (χ1v) is 8.03. The number of nitrogens with one attached hydrogen (secondary N) is 2. The maximum absolute atomic E-state index is 11.1. The third-order valence-corrected chi connectivity index (χ3v) is 3.67. The largest absolute Gasteiger partial charge is 0.469 e. The van der Waals surface area contributed by atoms with E-state index >= 15 is 0 Å². The van der Waals surface area contributed by atoms with Gasteiger partial charge in [0, 0.05) is 19.2 Å². The van der Waals surface area contributed by atoms with Crippen LogP contribution in [0.2, 0.25) is 0 Å². The fraction of sp³-hybridized carbons (Fsp3) is 0.222. The molecule has 0 spiro atoms. The number of rotatable bonds is 6. The summed E-state index contributed by atoms with van der Waals surface area (Å²) in [4.78, 5) is 19.6. The Morgan fingerprint density at radius 2 is 2.23 bits per heavy atom. The molecule has 0 saturated heterocycles. The zero-order valence-electron chi connectivity index (χ0n) is 14.2. The van der Waals surface area contributed by atoms with Crippen LogP contribution in [0.3, 0.4) is 0 Å². The standard InChI is InChI=1S/C18H17N5O3/c1-25-16(24)7-4-9-20-18-21-10-8-13(23-18)12(11-19)17-22-14-5-2-3-6-15(14)26-17/h2-3,5-6,8,10,22H,4,7,9H2,1H3,(H,20,21,23)/b17-12+. The van der Waals surface area contributed by atoms with Crippen LogP contribution in [0.1, 0.15) is 18.5 Å². The summed E-state index contributed by atoms with van der Waals surface area (Å²) in [5, 5.41) is 15.7. The molecule has 0 unspecified atom stereocenters. The molecule has 2 aromatic rings. The van der Waals surface area contributed by atoms with Gasteiger partial charge in [-0.1, -0.05) is 12.1 Å².